The molecule has 0 amide bonds. The smallest absolute Gasteiger partial charge is 0.122 e. The van der Waals surface area contributed by atoms with E-state index in [1.165, 1.54) is 11.1 Å². The monoisotopic (exact) mass is 243 g/mol. The average Bonchev–Trinajstić information content (AvgIpc) is 2.83. The van der Waals surface area contributed by atoms with Crippen molar-refractivity contribution in [3.8, 4) is 18.1 Å². The minimum absolute atomic E-state index is 0.351. The van der Waals surface area contributed by atoms with Crippen molar-refractivity contribution >= 4 is 0 Å². The van der Waals surface area contributed by atoms with E-state index in [2.05, 4.69) is 43.3 Å². The van der Waals surface area contributed by atoms with Crippen molar-refractivity contribution < 1.29 is 4.74 Å². The molecule has 0 bridgehead atoms. The van der Waals surface area contributed by atoms with E-state index >= 15 is 0 Å². The second-order valence-corrected chi connectivity index (χ2v) is 4.90. The number of hydrogen-bond donors (Lipinski definition) is 1. The van der Waals surface area contributed by atoms with Crippen LogP contribution >= 0.6 is 0 Å². The first kappa shape index (κ1) is 13.0. The van der Waals surface area contributed by atoms with E-state index in [9.17, 15) is 0 Å². The number of hydrogen-bond acceptors (Lipinski definition) is 2. The van der Waals surface area contributed by atoms with Gasteiger partial charge in [0.05, 0.1) is 6.61 Å². The van der Waals surface area contributed by atoms with Crippen molar-refractivity contribution in [2.75, 3.05) is 6.61 Å². The fourth-order valence-corrected chi connectivity index (χ4v) is 2.45. The Bertz CT molecular complexity index is 447. The highest BCUT2D eigenvalue weighted by Gasteiger charge is 2.16. The van der Waals surface area contributed by atoms with Crippen molar-refractivity contribution in [3.63, 3.8) is 0 Å². The van der Waals surface area contributed by atoms with E-state index in [0.717, 1.165) is 31.6 Å². The summed E-state index contributed by atoms with van der Waals surface area (Å²) < 4.78 is 5.54. The van der Waals surface area contributed by atoms with Gasteiger partial charge in [0.2, 0.25) is 0 Å². The lowest BCUT2D eigenvalue weighted by atomic mass is 9.99. The molecule has 1 aliphatic heterocycles. The molecular formula is C16H21NO. The molecule has 18 heavy (non-hydrogen) atoms. The third kappa shape index (κ3) is 2.86. The summed E-state index contributed by atoms with van der Waals surface area (Å²) in [5.41, 5.74) is 2.67. The van der Waals surface area contributed by atoms with Crippen LogP contribution in [-0.4, -0.2) is 12.6 Å². The van der Waals surface area contributed by atoms with Gasteiger partial charge in [-0.25, -0.2) is 0 Å². The highest BCUT2D eigenvalue weighted by molar-refractivity contribution is 5.40. The average molecular weight is 243 g/mol. The van der Waals surface area contributed by atoms with Gasteiger partial charge in [0, 0.05) is 24.9 Å². The first-order chi connectivity index (χ1) is 8.74. The lowest BCUT2D eigenvalue weighted by molar-refractivity contribution is 0.356. The summed E-state index contributed by atoms with van der Waals surface area (Å²) in [6, 6.07) is 7.25. The van der Waals surface area contributed by atoms with Crippen LogP contribution in [0.15, 0.2) is 18.2 Å². The second-order valence-electron chi connectivity index (χ2n) is 4.90. The number of terminal acetylenes is 1. The molecule has 2 heteroatoms. The summed E-state index contributed by atoms with van der Waals surface area (Å²) in [4.78, 5) is 0. The molecule has 0 radical (unpaired) electrons. The molecule has 1 heterocycles. The maximum absolute atomic E-state index is 5.54. The molecule has 0 aromatic heterocycles. The van der Waals surface area contributed by atoms with Crippen LogP contribution in [-0.2, 0) is 6.42 Å². The third-order valence-corrected chi connectivity index (χ3v) is 3.43. The largest absolute Gasteiger partial charge is 0.493 e. The van der Waals surface area contributed by atoms with Crippen molar-refractivity contribution in [2.45, 2.75) is 45.2 Å². The maximum Gasteiger partial charge on any atom is 0.122 e. The summed E-state index contributed by atoms with van der Waals surface area (Å²) in [6.07, 6.45) is 8.21. The first-order valence-electron chi connectivity index (χ1n) is 6.69. The molecule has 2 atom stereocenters. The summed E-state index contributed by atoms with van der Waals surface area (Å²) in [5.74, 6) is 3.75. The highest BCUT2D eigenvalue weighted by Crippen LogP contribution is 2.29. The molecule has 1 aromatic rings. The SMILES string of the molecule is C#CCC(C)NC(CC)c1ccc2c(c1)CCO2. The third-order valence-electron chi connectivity index (χ3n) is 3.43. The Morgan fingerprint density at radius 3 is 3.06 bits per heavy atom. The molecule has 0 aliphatic carbocycles. The summed E-state index contributed by atoms with van der Waals surface area (Å²) in [7, 11) is 0. The number of benzene rings is 1. The number of ether oxygens (including phenoxy) is 1. The van der Waals surface area contributed by atoms with E-state index in [1.807, 2.05) is 0 Å². The Kier molecular flexibility index (Phi) is 4.28. The van der Waals surface area contributed by atoms with Gasteiger partial charge in [-0.3, -0.25) is 0 Å². The lowest BCUT2D eigenvalue weighted by Crippen LogP contribution is -2.29. The van der Waals surface area contributed by atoms with Gasteiger partial charge < -0.3 is 10.1 Å². The fraction of sp³-hybridized carbons (Fsp3) is 0.500. The van der Waals surface area contributed by atoms with Crippen molar-refractivity contribution in [1.29, 1.82) is 0 Å². The van der Waals surface area contributed by atoms with Crippen molar-refractivity contribution in [3.05, 3.63) is 29.3 Å². The molecule has 1 aromatic carbocycles. The normalized spacial score (nSPS) is 16.5. The van der Waals surface area contributed by atoms with Gasteiger partial charge in [0.25, 0.3) is 0 Å². The first-order valence-corrected chi connectivity index (χ1v) is 6.69. The Morgan fingerprint density at radius 2 is 2.33 bits per heavy atom. The van der Waals surface area contributed by atoms with Gasteiger partial charge in [0.1, 0.15) is 5.75 Å². The van der Waals surface area contributed by atoms with Crippen LogP contribution < -0.4 is 10.1 Å². The molecule has 2 rings (SSSR count). The molecule has 2 nitrogen and oxygen atoms in total. The van der Waals surface area contributed by atoms with Gasteiger partial charge in [-0.05, 0) is 30.5 Å². The molecule has 1 aliphatic rings. The predicted octanol–water partition coefficient (Wildman–Crippen LogP) is 3.07. The summed E-state index contributed by atoms with van der Waals surface area (Å²) in [5, 5.41) is 3.59. The van der Waals surface area contributed by atoms with Gasteiger partial charge in [0.15, 0.2) is 0 Å². The topological polar surface area (TPSA) is 21.3 Å². The number of nitrogens with one attached hydrogen (secondary N) is 1. The van der Waals surface area contributed by atoms with Crippen LogP contribution in [0.4, 0.5) is 0 Å². The van der Waals surface area contributed by atoms with Crippen molar-refractivity contribution in [2.24, 2.45) is 0 Å². The van der Waals surface area contributed by atoms with Crippen LogP contribution in [0.5, 0.6) is 5.75 Å². The zero-order valence-corrected chi connectivity index (χ0v) is 11.2. The minimum Gasteiger partial charge on any atom is -0.493 e. The molecule has 0 saturated carbocycles. The Labute approximate surface area is 110 Å². The zero-order valence-electron chi connectivity index (χ0n) is 11.2. The Morgan fingerprint density at radius 1 is 1.50 bits per heavy atom. The maximum atomic E-state index is 5.54. The van der Waals surface area contributed by atoms with Crippen molar-refractivity contribution in [1.82, 2.24) is 5.32 Å². The highest BCUT2D eigenvalue weighted by atomic mass is 16.5. The van der Waals surface area contributed by atoms with Gasteiger partial charge in [-0.15, -0.1) is 12.3 Å². The summed E-state index contributed by atoms with van der Waals surface area (Å²) >= 11 is 0. The van der Waals surface area contributed by atoms with Crippen LogP contribution in [0.1, 0.15) is 43.9 Å². The standard InChI is InChI=1S/C16H21NO/c1-4-6-12(3)17-15(5-2)13-7-8-16-14(11-13)9-10-18-16/h1,7-8,11-12,15,17H,5-6,9-10H2,2-3H3. The van der Waals surface area contributed by atoms with Crippen LogP contribution in [0.3, 0.4) is 0 Å². The van der Waals surface area contributed by atoms with E-state index in [0.29, 0.717) is 12.1 Å². The number of fused-ring (bicyclic) bond motifs is 1. The van der Waals surface area contributed by atoms with Crippen LogP contribution in [0.2, 0.25) is 0 Å². The molecule has 96 valence electrons. The number of rotatable bonds is 5. The zero-order chi connectivity index (χ0) is 13.0. The fourth-order valence-electron chi connectivity index (χ4n) is 2.45. The molecule has 2 unspecified atom stereocenters. The van der Waals surface area contributed by atoms with E-state index < -0.39 is 0 Å². The molecular weight excluding hydrogens is 222 g/mol. The van der Waals surface area contributed by atoms with Crippen LogP contribution in [0, 0.1) is 12.3 Å². The molecule has 0 fully saturated rings. The molecule has 0 spiro atoms. The lowest BCUT2D eigenvalue weighted by Gasteiger charge is -2.22. The molecule has 0 saturated heterocycles. The predicted molar refractivity (Wildman–Crippen MR) is 74.7 cm³/mol. The second kappa shape index (κ2) is 5.93. The van der Waals surface area contributed by atoms with Crippen LogP contribution in [0.25, 0.3) is 0 Å². The van der Waals surface area contributed by atoms with E-state index in [1.54, 1.807) is 0 Å². The van der Waals surface area contributed by atoms with Gasteiger partial charge in [-0.1, -0.05) is 19.1 Å². The van der Waals surface area contributed by atoms with Gasteiger partial charge >= 0.3 is 0 Å². The van der Waals surface area contributed by atoms with Gasteiger partial charge in [-0.2, -0.15) is 0 Å². The van der Waals surface area contributed by atoms with E-state index in [4.69, 9.17) is 11.2 Å². The Balaban J connectivity index is 2.10. The molecule has 1 N–H and O–H groups in total. The minimum atomic E-state index is 0.351. The summed E-state index contributed by atoms with van der Waals surface area (Å²) in [6.45, 7) is 5.15. The Hall–Kier alpha value is -1.46. The quantitative estimate of drug-likeness (QED) is 0.802. The van der Waals surface area contributed by atoms with E-state index in [-0.39, 0.29) is 0 Å².